The van der Waals surface area contributed by atoms with Crippen LogP contribution in [0, 0.1) is 0 Å². The Morgan fingerprint density at radius 2 is 1.80 bits per heavy atom. The van der Waals surface area contributed by atoms with Crippen molar-refractivity contribution in [3.63, 3.8) is 0 Å². The van der Waals surface area contributed by atoms with E-state index in [4.69, 9.17) is 11.6 Å². The van der Waals surface area contributed by atoms with Gasteiger partial charge in [-0.1, -0.05) is 17.7 Å². The molecule has 0 radical (unpaired) electrons. The smallest absolute Gasteiger partial charge is 0.265 e. The Morgan fingerprint density at radius 3 is 2.51 bits per heavy atom. The molecule has 0 unspecified atom stereocenters. The second-order valence-electron chi connectivity index (χ2n) is 8.44. The SMILES string of the molecule is O=C(Nc1cccc2c1CN(CCC(=O)N1CCN(c3ccncc3)CC1)C2=O)c1ccc(Cl)s1. The van der Waals surface area contributed by atoms with Gasteiger partial charge in [0.1, 0.15) is 0 Å². The lowest BCUT2D eigenvalue weighted by molar-refractivity contribution is -0.131. The van der Waals surface area contributed by atoms with E-state index in [1.807, 2.05) is 17.0 Å². The van der Waals surface area contributed by atoms with Crippen LogP contribution in [0.1, 0.15) is 32.0 Å². The summed E-state index contributed by atoms with van der Waals surface area (Å²) < 4.78 is 0.540. The van der Waals surface area contributed by atoms with Crippen LogP contribution in [0.4, 0.5) is 11.4 Å². The molecule has 0 atom stereocenters. The summed E-state index contributed by atoms with van der Waals surface area (Å²) in [6, 6.07) is 12.6. The first-order valence-corrected chi connectivity index (χ1v) is 12.6. The minimum absolute atomic E-state index is 0.0474. The average Bonchev–Trinajstić information content (AvgIpc) is 3.47. The number of pyridine rings is 1. The highest BCUT2D eigenvalue weighted by atomic mass is 35.5. The first kappa shape index (κ1) is 23.3. The number of carbonyl (C=O) groups excluding carboxylic acids is 3. The van der Waals surface area contributed by atoms with E-state index in [9.17, 15) is 14.4 Å². The summed E-state index contributed by atoms with van der Waals surface area (Å²) in [4.78, 5) is 48.7. The number of thiophene rings is 1. The number of nitrogens with one attached hydrogen (secondary N) is 1. The summed E-state index contributed by atoms with van der Waals surface area (Å²) in [5.74, 6) is -0.334. The van der Waals surface area contributed by atoms with Crippen LogP contribution < -0.4 is 10.2 Å². The zero-order valence-electron chi connectivity index (χ0n) is 18.9. The first-order chi connectivity index (χ1) is 17.0. The normalized spacial score (nSPS) is 15.3. The zero-order chi connectivity index (χ0) is 24.4. The number of aromatic nitrogens is 1. The van der Waals surface area contributed by atoms with Crippen LogP contribution in [0.15, 0.2) is 54.9 Å². The highest BCUT2D eigenvalue weighted by Crippen LogP contribution is 2.31. The molecule has 2 aliphatic rings. The molecule has 180 valence electrons. The molecule has 0 bridgehead atoms. The summed E-state index contributed by atoms with van der Waals surface area (Å²) in [5, 5.41) is 2.90. The van der Waals surface area contributed by atoms with Gasteiger partial charge in [-0.15, -0.1) is 11.3 Å². The predicted molar refractivity (Wildman–Crippen MR) is 136 cm³/mol. The first-order valence-electron chi connectivity index (χ1n) is 11.4. The van der Waals surface area contributed by atoms with Gasteiger partial charge in [-0.05, 0) is 36.4 Å². The van der Waals surface area contributed by atoms with Gasteiger partial charge in [0, 0.05) is 80.6 Å². The molecule has 35 heavy (non-hydrogen) atoms. The molecule has 10 heteroatoms. The van der Waals surface area contributed by atoms with Crippen LogP contribution in [0.3, 0.4) is 0 Å². The van der Waals surface area contributed by atoms with Crippen molar-refractivity contribution < 1.29 is 14.4 Å². The van der Waals surface area contributed by atoms with Crippen molar-refractivity contribution >= 4 is 52.0 Å². The quantitative estimate of drug-likeness (QED) is 0.547. The van der Waals surface area contributed by atoms with Crippen molar-refractivity contribution in [2.45, 2.75) is 13.0 Å². The number of halogens is 1. The second-order valence-corrected chi connectivity index (χ2v) is 10.2. The maximum atomic E-state index is 13.0. The standard InChI is InChI=1S/C25H24ClN5O3S/c26-22-5-4-21(35-22)24(33)28-20-3-1-2-18-19(20)16-31(25(18)34)11-8-23(32)30-14-12-29(13-15-30)17-6-9-27-10-7-17/h1-7,9-10H,8,11-16H2,(H,28,33). The van der Waals surface area contributed by atoms with Crippen LogP contribution in [-0.2, 0) is 11.3 Å². The van der Waals surface area contributed by atoms with Gasteiger partial charge in [0.2, 0.25) is 5.91 Å². The van der Waals surface area contributed by atoms with Crippen LogP contribution in [0.25, 0.3) is 0 Å². The number of carbonyl (C=O) groups is 3. The van der Waals surface area contributed by atoms with Crippen molar-refractivity contribution in [2.24, 2.45) is 0 Å². The monoisotopic (exact) mass is 509 g/mol. The summed E-state index contributed by atoms with van der Waals surface area (Å²) in [6.07, 6.45) is 3.81. The lowest BCUT2D eigenvalue weighted by atomic mass is 10.1. The van der Waals surface area contributed by atoms with E-state index in [2.05, 4.69) is 15.2 Å². The van der Waals surface area contributed by atoms with Crippen LogP contribution in [0.2, 0.25) is 4.34 Å². The van der Waals surface area contributed by atoms with Gasteiger partial charge in [-0.25, -0.2) is 0 Å². The predicted octanol–water partition coefficient (Wildman–Crippen LogP) is 3.74. The van der Waals surface area contributed by atoms with Gasteiger partial charge in [0.05, 0.1) is 9.21 Å². The number of benzene rings is 1. The molecular weight excluding hydrogens is 486 g/mol. The molecule has 4 heterocycles. The van der Waals surface area contributed by atoms with Gasteiger partial charge in [0.15, 0.2) is 0 Å². The summed E-state index contributed by atoms with van der Waals surface area (Å²) in [6.45, 7) is 3.53. The van der Waals surface area contributed by atoms with E-state index in [0.717, 1.165) is 24.3 Å². The highest BCUT2D eigenvalue weighted by Gasteiger charge is 2.31. The Morgan fingerprint density at radius 1 is 1.03 bits per heavy atom. The lowest BCUT2D eigenvalue weighted by Crippen LogP contribution is -2.49. The van der Waals surface area contributed by atoms with Crippen molar-refractivity contribution in [1.82, 2.24) is 14.8 Å². The third kappa shape index (κ3) is 5.01. The number of amides is 3. The van der Waals surface area contributed by atoms with Gasteiger partial charge >= 0.3 is 0 Å². The fraction of sp³-hybridized carbons (Fsp3) is 0.280. The Bertz CT molecular complexity index is 1260. The highest BCUT2D eigenvalue weighted by molar-refractivity contribution is 7.18. The van der Waals surface area contributed by atoms with E-state index >= 15 is 0 Å². The largest absolute Gasteiger partial charge is 0.368 e. The van der Waals surface area contributed by atoms with Gasteiger partial charge in [0.25, 0.3) is 11.8 Å². The maximum Gasteiger partial charge on any atom is 0.265 e. The van der Waals surface area contributed by atoms with Gasteiger partial charge in [-0.2, -0.15) is 0 Å². The third-order valence-electron chi connectivity index (χ3n) is 6.34. The average molecular weight is 510 g/mol. The third-order valence-corrected chi connectivity index (χ3v) is 7.57. The van der Waals surface area contributed by atoms with E-state index in [0.29, 0.717) is 46.6 Å². The van der Waals surface area contributed by atoms with E-state index in [-0.39, 0.29) is 24.1 Å². The molecule has 0 saturated carbocycles. The van der Waals surface area contributed by atoms with E-state index < -0.39 is 0 Å². The molecule has 2 aliphatic heterocycles. The number of anilines is 2. The number of hydrogen-bond acceptors (Lipinski definition) is 6. The molecule has 0 spiro atoms. The van der Waals surface area contributed by atoms with Crippen LogP contribution >= 0.6 is 22.9 Å². The fourth-order valence-corrected chi connectivity index (χ4v) is 5.40. The van der Waals surface area contributed by atoms with Crippen LogP contribution in [0.5, 0.6) is 0 Å². The minimum atomic E-state index is -0.262. The minimum Gasteiger partial charge on any atom is -0.368 e. The molecule has 1 N–H and O–H groups in total. The van der Waals surface area contributed by atoms with E-state index in [1.54, 1.807) is 47.6 Å². The summed E-state index contributed by atoms with van der Waals surface area (Å²) >= 11 is 7.14. The van der Waals surface area contributed by atoms with Crippen molar-refractivity contribution in [3.8, 4) is 0 Å². The molecule has 3 amide bonds. The van der Waals surface area contributed by atoms with E-state index in [1.165, 1.54) is 11.3 Å². The number of fused-ring (bicyclic) bond motifs is 1. The van der Waals surface area contributed by atoms with Crippen molar-refractivity contribution in [1.29, 1.82) is 0 Å². The van der Waals surface area contributed by atoms with Crippen molar-refractivity contribution in [3.05, 3.63) is 75.2 Å². The summed E-state index contributed by atoms with van der Waals surface area (Å²) in [7, 11) is 0. The summed E-state index contributed by atoms with van der Waals surface area (Å²) in [5.41, 5.74) is 3.04. The molecule has 1 fully saturated rings. The molecule has 2 aromatic heterocycles. The molecule has 5 rings (SSSR count). The molecule has 1 aromatic carbocycles. The molecular formula is C25H24ClN5O3S. The Labute approximate surface area is 212 Å². The number of piperazine rings is 1. The Balaban J connectivity index is 1.16. The second kappa shape index (κ2) is 10.1. The maximum absolute atomic E-state index is 13.0. The molecule has 8 nitrogen and oxygen atoms in total. The Hall–Kier alpha value is -3.43. The Kier molecular flexibility index (Phi) is 6.70. The fourth-order valence-electron chi connectivity index (χ4n) is 4.47. The topological polar surface area (TPSA) is 85.8 Å². The van der Waals surface area contributed by atoms with Crippen molar-refractivity contribution in [2.75, 3.05) is 42.9 Å². The van der Waals surface area contributed by atoms with Gasteiger partial charge in [-0.3, -0.25) is 19.4 Å². The zero-order valence-corrected chi connectivity index (χ0v) is 20.5. The number of hydrogen-bond donors (Lipinski definition) is 1. The number of nitrogens with zero attached hydrogens (tertiary/aromatic N) is 4. The molecule has 0 aliphatic carbocycles. The molecule has 3 aromatic rings. The lowest BCUT2D eigenvalue weighted by Gasteiger charge is -2.36. The van der Waals surface area contributed by atoms with Crippen LogP contribution in [-0.4, -0.2) is 65.2 Å². The molecule has 1 saturated heterocycles. The number of rotatable bonds is 6. The van der Waals surface area contributed by atoms with Gasteiger partial charge < -0.3 is 20.0 Å².